The Morgan fingerprint density at radius 1 is 0.929 bits per heavy atom. The van der Waals surface area contributed by atoms with Gasteiger partial charge in [0.05, 0.1) is 13.0 Å². The summed E-state index contributed by atoms with van der Waals surface area (Å²) in [5.41, 5.74) is 2.63. The minimum atomic E-state index is -0.912. The van der Waals surface area contributed by atoms with Crippen LogP contribution in [-0.2, 0) is 19.1 Å². The SMILES string of the molecule is COCCNC(=O)[C@H](C)OC(=O)CCC(=O)c1ccc(-c2ccccc2)cc1. The van der Waals surface area contributed by atoms with Gasteiger partial charge in [0.15, 0.2) is 11.9 Å². The minimum absolute atomic E-state index is 0.0293. The zero-order chi connectivity index (χ0) is 20.4. The second-order valence-electron chi connectivity index (χ2n) is 6.28. The maximum Gasteiger partial charge on any atom is 0.307 e. The Morgan fingerprint density at radius 2 is 1.57 bits per heavy atom. The van der Waals surface area contributed by atoms with E-state index < -0.39 is 18.0 Å². The highest BCUT2D eigenvalue weighted by molar-refractivity contribution is 5.98. The van der Waals surface area contributed by atoms with Crippen molar-refractivity contribution in [2.75, 3.05) is 20.3 Å². The fraction of sp³-hybridized carbons (Fsp3) is 0.318. The maximum absolute atomic E-state index is 12.3. The maximum atomic E-state index is 12.3. The first-order valence-electron chi connectivity index (χ1n) is 9.16. The summed E-state index contributed by atoms with van der Waals surface area (Å²) in [5.74, 6) is -1.12. The largest absolute Gasteiger partial charge is 0.453 e. The molecule has 1 atom stereocenters. The smallest absolute Gasteiger partial charge is 0.307 e. The highest BCUT2D eigenvalue weighted by atomic mass is 16.5. The number of carbonyl (C=O) groups excluding carboxylic acids is 3. The number of methoxy groups -OCH3 is 1. The van der Waals surface area contributed by atoms with Crippen LogP contribution in [0.15, 0.2) is 54.6 Å². The number of carbonyl (C=O) groups is 3. The number of ketones is 1. The second-order valence-corrected chi connectivity index (χ2v) is 6.28. The average Bonchev–Trinajstić information content (AvgIpc) is 2.72. The van der Waals surface area contributed by atoms with Gasteiger partial charge in [-0.25, -0.2) is 0 Å². The molecule has 6 heteroatoms. The number of ether oxygens (including phenoxy) is 2. The molecule has 0 spiro atoms. The van der Waals surface area contributed by atoms with Crippen LogP contribution in [0.3, 0.4) is 0 Å². The first-order chi connectivity index (χ1) is 13.5. The topological polar surface area (TPSA) is 81.7 Å². The lowest BCUT2D eigenvalue weighted by Crippen LogP contribution is -2.37. The first-order valence-corrected chi connectivity index (χ1v) is 9.16. The average molecular weight is 383 g/mol. The van der Waals surface area contributed by atoms with Gasteiger partial charge in [-0.15, -0.1) is 0 Å². The van der Waals surface area contributed by atoms with E-state index in [0.29, 0.717) is 18.7 Å². The van der Waals surface area contributed by atoms with Crippen molar-refractivity contribution >= 4 is 17.7 Å². The number of amides is 1. The van der Waals surface area contributed by atoms with Crippen molar-refractivity contribution in [3.05, 3.63) is 60.2 Å². The molecule has 0 fully saturated rings. The third-order valence-corrected chi connectivity index (χ3v) is 4.15. The molecule has 1 N–H and O–H groups in total. The van der Waals surface area contributed by atoms with Crippen molar-refractivity contribution in [1.29, 1.82) is 0 Å². The van der Waals surface area contributed by atoms with Gasteiger partial charge in [0, 0.05) is 25.6 Å². The molecule has 0 aliphatic carbocycles. The Kier molecular flexibility index (Phi) is 8.37. The summed E-state index contributed by atoms with van der Waals surface area (Å²) >= 11 is 0. The molecule has 0 aromatic heterocycles. The molecule has 0 aliphatic rings. The second kappa shape index (κ2) is 11.0. The van der Waals surface area contributed by atoms with Crippen molar-refractivity contribution in [2.24, 2.45) is 0 Å². The van der Waals surface area contributed by atoms with Crippen LogP contribution in [-0.4, -0.2) is 44.0 Å². The van der Waals surface area contributed by atoms with Crippen LogP contribution in [0, 0.1) is 0 Å². The monoisotopic (exact) mass is 383 g/mol. The number of esters is 1. The number of hydrogen-bond acceptors (Lipinski definition) is 5. The molecular formula is C22H25NO5. The van der Waals surface area contributed by atoms with E-state index in [0.717, 1.165) is 11.1 Å². The van der Waals surface area contributed by atoms with E-state index >= 15 is 0 Å². The van der Waals surface area contributed by atoms with Crippen molar-refractivity contribution in [3.8, 4) is 11.1 Å². The third kappa shape index (κ3) is 6.63. The Balaban J connectivity index is 1.80. The highest BCUT2D eigenvalue weighted by Gasteiger charge is 2.18. The van der Waals surface area contributed by atoms with Gasteiger partial charge in [0.1, 0.15) is 0 Å². The summed E-state index contributed by atoms with van der Waals surface area (Å²) < 4.78 is 9.89. The van der Waals surface area contributed by atoms with Crippen LogP contribution >= 0.6 is 0 Å². The molecule has 0 bridgehead atoms. The molecule has 0 saturated carbocycles. The predicted octanol–water partition coefficient (Wildman–Crippen LogP) is 3.01. The highest BCUT2D eigenvalue weighted by Crippen LogP contribution is 2.20. The Hall–Kier alpha value is -2.99. The molecule has 148 valence electrons. The van der Waals surface area contributed by atoms with Gasteiger partial charge < -0.3 is 14.8 Å². The van der Waals surface area contributed by atoms with Crippen LogP contribution < -0.4 is 5.32 Å². The molecule has 6 nitrogen and oxygen atoms in total. The van der Waals surface area contributed by atoms with E-state index in [4.69, 9.17) is 9.47 Å². The van der Waals surface area contributed by atoms with Crippen molar-refractivity contribution in [3.63, 3.8) is 0 Å². The lowest BCUT2D eigenvalue weighted by atomic mass is 10.0. The van der Waals surface area contributed by atoms with Gasteiger partial charge in [-0.05, 0) is 18.1 Å². The normalized spacial score (nSPS) is 11.5. The van der Waals surface area contributed by atoms with Gasteiger partial charge in [-0.1, -0.05) is 54.6 Å². The van der Waals surface area contributed by atoms with Crippen LogP contribution in [0.25, 0.3) is 11.1 Å². The standard InChI is InChI=1S/C22H25NO5/c1-16(22(26)23-14-15-27-2)28-21(25)13-12-20(24)19-10-8-18(9-11-19)17-6-4-3-5-7-17/h3-11,16H,12-15H2,1-2H3,(H,23,26)/t16-/m0/s1. The zero-order valence-electron chi connectivity index (χ0n) is 16.1. The lowest BCUT2D eigenvalue weighted by Gasteiger charge is -2.13. The van der Waals surface area contributed by atoms with Gasteiger partial charge in [-0.2, -0.15) is 0 Å². The molecule has 1 amide bonds. The van der Waals surface area contributed by atoms with Crippen LogP contribution in [0.1, 0.15) is 30.1 Å². The summed E-state index contributed by atoms with van der Waals surface area (Å²) in [7, 11) is 1.53. The summed E-state index contributed by atoms with van der Waals surface area (Å²) in [6.45, 7) is 2.21. The number of Topliss-reactive ketones (excluding diaryl/α,β-unsaturated/α-hetero) is 1. The summed E-state index contributed by atoms with van der Waals surface area (Å²) in [5, 5.41) is 2.59. The number of nitrogens with one attached hydrogen (secondary N) is 1. The van der Waals surface area contributed by atoms with E-state index in [2.05, 4.69) is 5.32 Å². The Labute approximate surface area is 164 Å². The van der Waals surface area contributed by atoms with Gasteiger partial charge >= 0.3 is 5.97 Å². The van der Waals surface area contributed by atoms with E-state index in [9.17, 15) is 14.4 Å². The number of hydrogen-bond donors (Lipinski definition) is 1. The summed E-state index contributed by atoms with van der Waals surface area (Å²) in [6.07, 6.45) is -0.958. The number of rotatable bonds is 10. The van der Waals surface area contributed by atoms with Crippen molar-refractivity contribution < 1.29 is 23.9 Å². The van der Waals surface area contributed by atoms with E-state index in [1.165, 1.54) is 14.0 Å². The quantitative estimate of drug-likeness (QED) is 0.387. The fourth-order valence-electron chi connectivity index (χ4n) is 2.57. The molecular weight excluding hydrogens is 358 g/mol. The molecule has 2 aromatic carbocycles. The fourth-order valence-corrected chi connectivity index (χ4v) is 2.57. The van der Waals surface area contributed by atoms with Gasteiger partial charge in [-0.3, -0.25) is 14.4 Å². The molecule has 0 heterocycles. The molecule has 0 saturated heterocycles. The Morgan fingerprint density at radius 3 is 2.21 bits per heavy atom. The zero-order valence-corrected chi connectivity index (χ0v) is 16.1. The van der Waals surface area contributed by atoms with Gasteiger partial charge in [0.25, 0.3) is 5.91 Å². The minimum Gasteiger partial charge on any atom is -0.453 e. The molecule has 0 radical (unpaired) electrons. The third-order valence-electron chi connectivity index (χ3n) is 4.15. The lowest BCUT2D eigenvalue weighted by molar-refractivity contribution is -0.154. The van der Waals surface area contributed by atoms with E-state index in [1.807, 2.05) is 42.5 Å². The van der Waals surface area contributed by atoms with Crippen molar-refractivity contribution in [2.45, 2.75) is 25.9 Å². The van der Waals surface area contributed by atoms with E-state index in [-0.39, 0.29) is 18.6 Å². The van der Waals surface area contributed by atoms with Crippen LogP contribution in [0.5, 0.6) is 0 Å². The molecule has 2 aromatic rings. The molecule has 0 unspecified atom stereocenters. The van der Waals surface area contributed by atoms with E-state index in [1.54, 1.807) is 12.1 Å². The summed E-state index contributed by atoms with van der Waals surface area (Å²) in [6, 6.07) is 17.1. The van der Waals surface area contributed by atoms with Crippen molar-refractivity contribution in [1.82, 2.24) is 5.32 Å². The predicted molar refractivity (Wildman–Crippen MR) is 106 cm³/mol. The number of benzene rings is 2. The Bertz CT molecular complexity index is 786. The van der Waals surface area contributed by atoms with Gasteiger partial charge in [0.2, 0.25) is 0 Å². The molecule has 0 aliphatic heterocycles. The molecule has 2 rings (SSSR count). The van der Waals surface area contributed by atoms with Crippen LogP contribution in [0.2, 0.25) is 0 Å². The van der Waals surface area contributed by atoms with Crippen LogP contribution in [0.4, 0.5) is 0 Å². The summed E-state index contributed by atoms with van der Waals surface area (Å²) in [4.78, 5) is 35.9. The molecule has 28 heavy (non-hydrogen) atoms. The first kappa shape index (κ1) is 21.3.